The minimum Gasteiger partial charge on any atom is -0.289 e. The molecule has 0 aliphatic carbocycles. The summed E-state index contributed by atoms with van der Waals surface area (Å²) in [5.74, 6) is -0.390. The summed E-state index contributed by atoms with van der Waals surface area (Å²) >= 11 is -2.15. The lowest BCUT2D eigenvalue weighted by atomic mass is 10.6. The van der Waals surface area contributed by atoms with Gasteiger partial charge in [-0.25, -0.2) is 8.51 Å². The van der Waals surface area contributed by atoms with Crippen LogP contribution in [0.3, 0.4) is 0 Å². The monoisotopic (exact) mass is 151 g/mol. The van der Waals surface area contributed by atoms with Crippen molar-refractivity contribution in [2.24, 2.45) is 0 Å². The number of carbonyl (C=O) groups excluding carboxylic acids is 1. The number of hydrogen-bond acceptors (Lipinski definition) is 2. The molecule has 0 aromatic carbocycles. The van der Waals surface area contributed by atoms with Gasteiger partial charge in [-0.3, -0.25) is 9.35 Å². The Balaban J connectivity index is 3.99. The van der Waals surface area contributed by atoms with Crippen molar-refractivity contribution in [3.05, 3.63) is 0 Å². The molecule has 0 aliphatic rings. The van der Waals surface area contributed by atoms with Crippen molar-refractivity contribution in [1.29, 1.82) is 0 Å². The zero-order chi connectivity index (χ0) is 7.44. The summed E-state index contributed by atoms with van der Waals surface area (Å²) in [5, 5.41) is 0. The highest BCUT2D eigenvalue weighted by molar-refractivity contribution is 7.77. The van der Waals surface area contributed by atoms with Crippen LogP contribution in [0.1, 0.15) is 13.8 Å². The van der Waals surface area contributed by atoms with Crippen molar-refractivity contribution in [2.75, 3.05) is 6.54 Å². The normalized spacial score (nSPS) is 12.8. The van der Waals surface area contributed by atoms with Crippen LogP contribution in [0, 0.1) is 0 Å². The van der Waals surface area contributed by atoms with Crippen LogP contribution in [-0.2, 0) is 16.1 Å². The predicted octanol–water partition coefficient (Wildman–Crippen LogP) is -0.00850. The summed E-state index contributed by atoms with van der Waals surface area (Å²) in [6.07, 6.45) is 0. The van der Waals surface area contributed by atoms with E-state index in [1.807, 2.05) is 0 Å². The van der Waals surface area contributed by atoms with E-state index >= 15 is 0 Å². The van der Waals surface area contributed by atoms with Crippen LogP contribution in [0.15, 0.2) is 0 Å². The first kappa shape index (κ1) is 8.58. The molecule has 0 fully saturated rings. The third kappa shape index (κ3) is 2.57. The zero-order valence-electron chi connectivity index (χ0n) is 5.33. The van der Waals surface area contributed by atoms with Gasteiger partial charge in [0.25, 0.3) is 11.3 Å². The Morgan fingerprint density at radius 3 is 2.22 bits per heavy atom. The Hall–Kier alpha value is -0.420. The number of nitrogens with zero attached hydrogens (tertiary/aromatic N) is 1. The van der Waals surface area contributed by atoms with Crippen molar-refractivity contribution in [1.82, 2.24) is 4.31 Å². The van der Waals surface area contributed by atoms with Crippen LogP contribution in [0.2, 0.25) is 0 Å². The van der Waals surface area contributed by atoms with E-state index in [1.54, 1.807) is 6.92 Å². The molecule has 5 heteroatoms. The largest absolute Gasteiger partial charge is 0.289 e. The molecule has 0 heterocycles. The van der Waals surface area contributed by atoms with Gasteiger partial charge in [0.05, 0.1) is 0 Å². The van der Waals surface area contributed by atoms with Crippen molar-refractivity contribution in [3.8, 4) is 0 Å². The summed E-state index contributed by atoms with van der Waals surface area (Å²) in [7, 11) is 0. The fourth-order valence-corrected chi connectivity index (χ4v) is 0.884. The number of amides is 1. The van der Waals surface area contributed by atoms with Crippen LogP contribution in [0.5, 0.6) is 0 Å². The number of carbonyl (C=O) groups is 1. The molecule has 0 bridgehead atoms. The SMILES string of the molecule is CCN(C(C)=O)S(=O)O. The maximum atomic E-state index is 10.4. The van der Waals surface area contributed by atoms with Crippen LogP contribution in [0.25, 0.3) is 0 Å². The van der Waals surface area contributed by atoms with Crippen molar-refractivity contribution in [2.45, 2.75) is 13.8 Å². The number of rotatable bonds is 2. The van der Waals surface area contributed by atoms with E-state index in [0.717, 1.165) is 4.31 Å². The second kappa shape index (κ2) is 3.58. The molecular formula is C4H9NO3S. The molecule has 0 aromatic rings. The molecule has 0 aromatic heterocycles. The van der Waals surface area contributed by atoms with Gasteiger partial charge in [-0.1, -0.05) is 0 Å². The van der Waals surface area contributed by atoms with Crippen molar-refractivity contribution < 1.29 is 13.6 Å². The second-order valence-electron chi connectivity index (χ2n) is 1.44. The van der Waals surface area contributed by atoms with Crippen LogP contribution in [0.4, 0.5) is 0 Å². The highest BCUT2D eigenvalue weighted by atomic mass is 32.2. The summed E-state index contributed by atoms with van der Waals surface area (Å²) in [6.45, 7) is 3.14. The Morgan fingerprint density at radius 1 is 1.78 bits per heavy atom. The van der Waals surface area contributed by atoms with Crippen LogP contribution in [-0.4, -0.2) is 25.5 Å². The fraction of sp³-hybridized carbons (Fsp3) is 0.750. The van der Waals surface area contributed by atoms with Crippen LogP contribution >= 0.6 is 0 Å². The van der Waals surface area contributed by atoms with Gasteiger partial charge in [0, 0.05) is 13.5 Å². The van der Waals surface area contributed by atoms with E-state index in [0.29, 0.717) is 0 Å². The van der Waals surface area contributed by atoms with E-state index in [9.17, 15) is 9.00 Å². The lowest BCUT2D eigenvalue weighted by molar-refractivity contribution is -0.124. The van der Waals surface area contributed by atoms with E-state index in [-0.39, 0.29) is 6.54 Å². The highest BCUT2D eigenvalue weighted by Gasteiger charge is 2.09. The minimum absolute atomic E-state index is 0.262. The Bertz CT molecular complexity index is 122. The second-order valence-corrected chi connectivity index (χ2v) is 2.35. The third-order valence-corrected chi connectivity index (χ3v) is 1.72. The van der Waals surface area contributed by atoms with Gasteiger partial charge in [-0.05, 0) is 6.92 Å². The molecule has 0 radical (unpaired) electrons. The molecule has 0 saturated carbocycles. The van der Waals surface area contributed by atoms with E-state index in [1.165, 1.54) is 6.92 Å². The first-order valence-corrected chi connectivity index (χ1v) is 3.55. The molecule has 1 N–H and O–H groups in total. The van der Waals surface area contributed by atoms with E-state index in [4.69, 9.17) is 4.55 Å². The molecule has 9 heavy (non-hydrogen) atoms. The molecule has 54 valence electrons. The first-order valence-electron chi connectivity index (χ1n) is 2.48. The molecule has 4 nitrogen and oxygen atoms in total. The van der Waals surface area contributed by atoms with Gasteiger partial charge in [-0.2, -0.15) is 0 Å². The van der Waals surface area contributed by atoms with Gasteiger partial charge >= 0.3 is 0 Å². The molecular weight excluding hydrogens is 142 g/mol. The predicted molar refractivity (Wildman–Crippen MR) is 33.8 cm³/mol. The summed E-state index contributed by atoms with van der Waals surface area (Å²) in [5.41, 5.74) is 0. The topological polar surface area (TPSA) is 57.6 Å². The smallest absolute Gasteiger partial charge is 0.264 e. The Kier molecular flexibility index (Phi) is 3.41. The molecule has 1 unspecified atom stereocenters. The molecule has 1 amide bonds. The summed E-state index contributed by atoms with van der Waals surface area (Å²) in [4.78, 5) is 10.4. The highest BCUT2D eigenvalue weighted by Crippen LogP contribution is 1.90. The van der Waals surface area contributed by atoms with Gasteiger partial charge in [0.15, 0.2) is 0 Å². The quantitative estimate of drug-likeness (QED) is 0.565. The molecule has 0 spiro atoms. The maximum absolute atomic E-state index is 10.4. The Morgan fingerprint density at radius 2 is 2.22 bits per heavy atom. The molecule has 0 rings (SSSR count). The Labute approximate surface area is 56.3 Å². The van der Waals surface area contributed by atoms with Gasteiger partial charge in [-0.15, -0.1) is 0 Å². The molecule has 0 aliphatic heterocycles. The fourth-order valence-electron chi connectivity index (χ4n) is 0.443. The summed E-state index contributed by atoms with van der Waals surface area (Å²) in [6, 6.07) is 0. The zero-order valence-corrected chi connectivity index (χ0v) is 6.14. The standard InChI is InChI=1S/C4H9NO3S/c1-3-5(4(2)6)9(7)8/h3H2,1-2H3,(H,7,8). The minimum atomic E-state index is -2.15. The van der Waals surface area contributed by atoms with Crippen molar-refractivity contribution in [3.63, 3.8) is 0 Å². The lowest BCUT2D eigenvalue weighted by Crippen LogP contribution is -2.29. The van der Waals surface area contributed by atoms with E-state index < -0.39 is 17.2 Å². The van der Waals surface area contributed by atoms with Gasteiger partial charge in [0.1, 0.15) is 0 Å². The average molecular weight is 151 g/mol. The maximum Gasteiger partial charge on any atom is 0.264 e. The van der Waals surface area contributed by atoms with Gasteiger partial charge in [0.2, 0.25) is 5.91 Å². The van der Waals surface area contributed by atoms with E-state index in [2.05, 4.69) is 0 Å². The van der Waals surface area contributed by atoms with Crippen molar-refractivity contribution >= 4 is 17.2 Å². The number of hydrogen-bond donors (Lipinski definition) is 1. The lowest BCUT2D eigenvalue weighted by Gasteiger charge is -2.11. The third-order valence-electron chi connectivity index (χ3n) is 0.827. The van der Waals surface area contributed by atoms with Gasteiger partial charge < -0.3 is 0 Å². The summed E-state index contributed by atoms with van der Waals surface area (Å²) < 4.78 is 19.4. The average Bonchev–Trinajstić information content (AvgIpc) is 1.64. The molecule has 1 atom stereocenters. The van der Waals surface area contributed by atoms with Crippen LogP contribution < -0.4 is 0 Å². The molecule has 0 saturated heterocycles. The first-order chi connectivity index (χ1) is 4.09.